The molecular weight excluding hydrogens is 284 g/mol. The lowest BCUT2D eigenvalue weighted by Crippen LogP contribution is -2.41. The van der Waals surface area contributed by atoms with Crippen LogP contribution in [-0.2, 0) is 4.79 Å². The molecule has 2 N–H and O–H groups in total. The summed E-state index contributed by atoms with van der Waals surface area (Å²) in [5, 5.41) is 11.8. The molecule has 2 fully saturated rings. The van der Waals surface area contributed by atoms with Crippen molar-refractivity contribution in [2.24, 2.45) is 5.92 Å². The number of hydrogen-bond donors (Lipinski definition) is 2. The summed E-state index contributed by atoms with van der Waals surface area (Å²) in [6.07, 6.45) is 7.49. The van der Waals surface area contributed by atoms with Crippen molar-refractivity contribution in [3.63, 3.8) is 0 Å². The summed E-state index contributed by atoms with van der Waals surface area (Å²) in [4.78, 5) is 27.6. The van der Waals surface area contributed by atoms with Crippen molar-refractivity contribution < 1.29 is 19.4 Å². The maximum Gasteiger partial charge on any atom is 0.326 e. The summed E-state index contributed by atoms with van der Waals surface area (Å²) < 4.78 is 5.66. The lowest BCUT2D eigenvalue weighted by Gasteiger charge is -2.25. The molecule has 1 atom stereocenters. The minimum Gasteiger partial charge on any atom is -0.480 e. The second-order valence-electron chi connectivity index (χ2n) is 6.10. The summed E-state index contributed by atoms with van der Waals surface area (Å²) in [6.45, 7) is 0. The molecule has 22 heavy (non-hydrogen) atoms. The molecule has 1 aromatic heterocycles. The second-order valence-corrected chi connectivity index (χ2v) is 6.10. The molecule has 2 saturated carbocycles. The van der Waals surface area contributed by atoms with Crippen LogP contribution in [0.1, 0.15) is 48.9 Å². The van der Waals surface area contributed by atoms with Gasteiger partial charge in [-0.15, -0.1) is 0 Å². The van der Waals surface area contributed by atoms with Crippen LogP contribution in [-0.4, -0.2) is 34.1 Å². The van der Waals surface area contributed by atoms with E-state index in [9.17, 15) is 14.7 Å². The van der Waals surface area contributed by atoms with E-state index in [1.807, 2.05) is 0 Å². The van der Waals surface area contributed by atoms with Gasteiger partial charge in [0.25, 0.3) is 5.91 Å². The highest BCUT2D eigenvalue weighted by Crippen LogP contribution is 2.33. The van der Waals surface area contributed by atoms with E-state index in [4.69, 9.17) is 4.74 Å². The maximum absolute atomic E-state index is 12.2. The van der Waals surface area contributed by atoms with Crippen LogP contribution < -0.4 is 10.1 Å². The Balaban J connectivity index is 1.62. The SMILES string of the molecule is O=C(NC(CC1CC1)C(=O)O)c1ccnc(OC2CCC2)c1. The van der Waals surface area contributed by atoms with E-state index in [-0.39, 0.29) is 6.10 Å². The van der Waals surface area contributed by atoms with Crippen LogP contribution in [0, 0.1) is 5.92 Å². The molecular formula is C16H20N2O4. The first-order valence-electron chi connectivity index (χ1n) is 7.78. The van der Waals surface area contributed by atoms with Gasteiger partial charge in [0.2, 0.25) is 5.88 Å². The number of carboxylic acid groups (broad SMARTS) is 1. The number of carbonyl (C=O) groups is 2. The quantitative estimate of drug-likeness (QED) is 0.804. The average molecular weight is 304 g/mol. The molecule has 1 unspecified atom stereocenters. The maximum atomic E-state index is 12.2. The predicted octanol–water partition coefficient (Wildman–Crippen LogP) is 2.00. The van der Waals surface area contributed by atoms with Crippen LogP contribution in [0.4, 0.5) is 0 Å². The third-order valence-electron chi connectivity index (χ3n) is 4.21. The van der Waals surface area contributed by atoms with Gasteiger partial charge < -0.3 is 15.2 Å². The zero-order valence-electron chi connectivity index (χ0n) is 12.3. The van der Waals surface area contributed by atoms with Gasteiger partial charge >= 0.3 is 5.97 Å². The van der Waals surface area contributed by atoms with Crippen LogP contribution in [0.3, 0.4) is 0 Å². The number of carbonyl (C=O) groups excluding carboxylic acids is 1. The lowest BCUT2D eigenvalue weighted by atomic mass is 9.96. The van der Waals surface area contributed by atoms with Gasteiger partial charge in [0.1, 0.15) is 12.1 Å². The molecule has 0 aromatic carbocycles. The molecule has 1 heterocycles. The number of aromatic nitrogens is 1. The van der Waals surface area contributed by atoms with Crippen LogP contribution >= 0.6 is 0 Å². The molecule has 2 aliphatic carbocycles. The summed E-state index contributed by atoms with van der Waals surface area (Å²) in [7, 11) is 0. The minimum atomic E-state index is -0.986. The van der Waals surface area contributed by atoms with E-state index < -0.39 is 17.9 Å². The monoisotopic (exact) mass is 304 g/mol. The number of hydrogen-bond acceptors (Lipinski definition) is 4. The smallest absolute Gasteiger partial charge is 0.326 e. The summed E-state index contributed by atoms with van der Waals surface area (Å²) >= 11 is 0. The predicted molar refractivity (Wildman–Crippen MR) is 78.7 cm³/mol. The van der Waals surface area contributed by atoms with Crippen LogP contribution in [0.15, 0.2) is 18.3 Å². The summed E-state index contributed by atoms with van der Waals surface area (Å²) in [5.41, 5.74) is 0.381. The Bertz CT molecular complexity index is 567. The third kappa shape index (κ3) is 3.75. The Morgan fingerprint density at radius 2 is 2.14 bits per heavy atom. The van der Waals surface area contributed by atoms with Crippen molar-refractivity contribution in [3.05, 3.63) is 23.9 Å². The van der Waals surface area contributed by atoms with E-state index in [1.54, 1.807) is 12.1 Å². The lowest BCUT2D eigenvalue weighted by molar-refractivity contribution is -0.139. The number of carboxylic acids is 1. The Kier molecular flexibility index (Phi) is 4.27. The fourth-order valence-corrected chi connectivity index (χ4v) is 2.42. The highest BCUT2D eigenvalue weighted by Gasteiger charge is 2.30. The third-order valence-corrected chi connectivity index (χ3v) is 4.21. The second kappa shape index (κ2) is 6.34. The van der Waals surface area contributed by atoms with Crippen molar-refractivity contribution in [1.82, 2.24) is 10.3 Å². The molecule has 1 amide bonds. The van der Waals surface area contributed by atoms with Gasteiger partial charge in [-0.25, -0.2) is 9.78 Å². The Hall–Kier alpha value is -2.11. The van der Waals surface area contributed by atoms with Gasteiger partial charge in [0.05, 0.1) is 0 Å². The van der Waals surface area contributed by atoms with Gasteiger partial charge in [0.15, 0.2) is 0 Å². The summed E-state index contributed by atoms with van der Waals surface area (Å²) in [6, 6.07) is 2.31. The van der Waals surface area contributed by atoms with Crippen molar-refractivity contribution in [2.45, 2.75) is 50.7 Å². The molecule has 0 radical (unpaired) electrons. The van der Waals surface area contributed by atoms with Crippen molar-refractivity contribution >= 4 is 11.9 Å². The first-order valence-corrected chi connectivity index (χ1v) is 7.78. The highest BCUT2D eigenvalue weighted by atomic mass is 16.5. The Morgan fingerprint density at radius 3 is 2.73 bits per heavy atom. The van der Waals surface area contributed by atoms with Gasteiger partial charge in [-0.05, 0) is 37.7 Å². The van der Waals surface area contributed by atoms with Crippen molar-refractivity contribution in [2.75, 3.05) is 0 Å². The van der Waals surface area contributed by atoms with Crippen LogP contribution in [0.5, 0.6) is 5.88 Å². The fourth-order valence-electron chi connectivity index (χ4n) is 2.42. The topological polar surface area (TPSA) is 88.5 Å². The largest absolute Gasteiger partial charge is 0.480 e. The number of aliphatic carboxylic acids is 1. The highest BCUT2D eigenvalue weighted by molar-refractivity contribution is 5.96. The summed E-state index contributed by atoms with van der Waals surface area (Å²) in [5.74, 6) is -0.531. The Morgan fingerprint density at radius 1 is 1.36 bits per heavy atom. The zero-order chi connectivity index (χ0) is 15.5. The normalized spacial score (nSPS) is 19.1. The fraction of sp³-hybridized carbons (Fsp3) is 0.562. The van der Waals surface area contributed by atoms with Crippen LogP contribution in [0.2, 0.25) is 0 Å². The molecule has 3 rings (SSSR count). The van der Waals surface area contributed by atoms with Crippen molar-refractivity contribution in [3.8, 4) is 5.88 Å². The molecule has 6 heteroatoms. The Labute approximate surface area is 128 Å². The van der Waals surface area contributed by atoms with E-state index in [2.05, 4.69) is 10.3 Å². The molecule has 0 spiro atoms. The molecule has 2 aliphatic rings. The van der Waals surface area contributed by atoms with Crippen molar-refractivity contribution in [1.29, 1.82) is 0 Å². The zero-order valence-corrected chi connectivity index (χ0v) is 12.3. The number of nitrogens with zero attached hydrogens (tertiary/aromatic N) is 1. The molecule has 118 valence electrons. The first kappa shape index (κ1) is 14.8. The van der Waals surface area contributed by atoms with E-state index in [0.29, 0.717) is 23.8 Å². The first-order chi connectivity index (χ1) is 10.6. The van der Waals surface area contributed by atoms with E-state index >= 15 is 0 Å². The van der Waals surface area contributed by atoms with E-state index in [0.717, 1.165) is 32.1 Å². The minimum absolute atomic E-state index is 0.187. The van der Waals surface area contributed by atoms with Gasteiger partial charge in [-0.3, -0.25) is 4.79 Å². The van der Waals surface area contributed by atoms with Crippen LogP contribution in [0.25, 0.3) is 0 Å². The number of amides is 1. The number of pyridine rings is 1. The standard InChI is InChI=1S/C16H20N2O4/c19-15(18-13(16(20)21)8-10-4-5-10)11-6-7-17-14(9-11)22-12-2-1-3-12/h6-7,9-10,12-13H,1-5,8H2,(H,18,19)(H,20,21). The molecule has 0 saturated heterocycles. The molecule has 6 nitrogen and oxygen atoms in total. The molecule has 0 aliphatic heterocycles. The van der Waals surface area contributed by atoms with Gasteiger partial charge in [-0.1, -0.05) is 12.8 Å². The van der Waals surface area contributed by atoms with Gasteiger partial charge in [0, 0.05) is 17.8 Å². The number of nitrogens with one attached hydrogen (secondary N) is 1. The van der Waals surface area contributed by atoms with Gasteiger partial charge in [-0.2, -0.15) is 0 Å². The molecule has 1 aromatic rings. The van der Waals surface area contributed by atoms with E-state index in [1.165, 1.54) is 6.20 Å². The number of rotatable bonds is 7. The number of ether oxygens (including phenoxy) is 1. The molecule has 0 bridgehead atoms. The average Bonchev–Trinajstić information content (AvgIpc) is 3.26.